The zero-order chi connectivity index (χ0) is 14.4. The smallest absolute Gasteiger partial charge is 0.269 e. The summed E-state index contributed by atoms with van der Waals surface area (Å²) in [5.41, 5.74) is 2.62. The minimum atomic E-state index is -0.176. The number of benzene rings is 1. The van der Waals surface area contributed by atoms with Crippen LogP contribution < -0.4 is 10.6 Å². The largest absolute Gasteiger partial charge is 0.384 e. The van der Waals surface area contributed by atoms with Crippen LogP contribution in [0.15, 0.2) is 48.7 Å². The zero-order valence-corrected chi connectivity index (χ0v) is 11.8. The van der Waals surface area contributed by atoms with Gasteiger partial charge in [-0.15, -0.1) is 0 Å². The third-order valence-electron chi connectivity index (χ3n) is 3.20. The van der Waals surface area contributed by atoms with Crippen LogP contribution in [-0.4, -0.2) is 24.5 Å². The molecule has 4 heteroatoms. The summed E-state index contributed by atoms with van der Waals surface area (Å²) in [5, 5.41) is 5.91. The lowest BCUT2D eigenvalue weighted by atomic mass is 10.0. The number of hydrogen-bond donors (Lipinski definition) is 2. The first kappa shape index (κ1) is 14.1. The van der Waals surface area contributed by atoms with Gasteiger partial charge in [-0.1, -0.05) is 37.3 Å². The molecule has 0 aliphatic heterocycles. The molecule has 1 aromatic heterocycles. The minimum absolute atomic E-state index is 0.176. The van der Waals surface area contributed by atoms with Crippen LogP contribution in [-0.2, 0) is 0 Å². The Labute approximate surface area is 119 Å². The van der Waals surface area contributed by atoms with Gasteiger partial charge in [-0.05, 0) is 23.6 Å². The van der Waals surface area contributed by atoms with Gasteiger partial charge in [-0.2, -0.15) is 0 Å². The molecular weight excluding hydrogens is 250 g/mol. The average molecular weight is 269 g/mol. The number of hydrogen-bond acceptors (Lipinski definition) is 3. The number of amides is 1. The van der Waals surface area contributed by atoms with Gasteiger partial charge in [-0.25, -0.2) is 0 Å². The monoisotopic (exact) mass is 269 g/mol. The summed E-state index contributed by atoms with van der Waals surface area (Å²) in [4.78, 5) is 15.6. The number of pyridine rings is 1. The molecule has 1 unspecified atom stereocenters. The molecule has 0 aliphatic carbocycles. The standard InChI is InChI=1S/C16H19N3O/c1-12(13-6-4-3-5-7-13)11-19-14-8-9-18-15(10-14)16(20)17-2/h3-10,12H,11H2,1-2H3,(H,17,20)(H,18,19). The molecule has 0 fully saturated rings. The summed E-state index contributed by atoms with van der Waals surface area (Å²) in [6.07, 6.45) is 1.64. The molecule has 0 saturated heterocycles. The van der Waals surface area contributed by atoms with Crippen molar-refractivity contribution in [2.24, 2.45) is 0 Å². The van der Waals surface area contributed by atoms with Crippen molar-refractivity contribution in [2.75, 3.05) is 18.9 Å². The summed E-state index contributed by atoms with van der Waals surface area (Å²) < 4.78 is 0. The van der Waals surface area contributed by atoms with Crippen molar-refractivity contribution in [2.45, 2.75) is 12.8 Å². The Morgan fingerprint density at radius 2 is 2.00 bits per heavy atom. The summed E-state index contributed by atoms with van der Waals surface area (Å²) in [6.45, 7) is 2.98. The van der Waals surface area contributed by atoms with Crippen LogP contribution in [0.4, 0.5) is 5.69 Å². The van der Waals surface area contributed by atoms with E-state index in [9.17, 15) is 4.79 Å². The normalized spacial score (nSPS) is 11.7. The molecular formula is C16H19N3O. The minimum Gasteiger partial charge on any atom is -0.384 e. The highest BCUT2D eigenvalue weighted by atomic mass is 16.1. The Balaban J connectivity index is 1.99. The second-order valence-corrected chi connectivity index (χ2v) is 4.70. The highest BCUT2D eigenvalue weighted by Gasteiger charge is 2.07. The van der Waals surface area contributed by atoms with Crippen LogP contribution in [0.1, 0.15) is 28.9 Å². The molecule has 2 N–H and O–H groups in total. The molecule has 104 valence electrons. The van der Waals surface area contributed by atoms with Gasteiger partial charge >= 0.3 is 0 Å². The Morgan fingerprint density at radius 3 is 2.70 bits per heavy atom. The Kier molecular flexibility index (Phi) is 4.71. The van der Waals surface area contributed by atoms with E-state index in [2.05, 4.69) is 34.7 Å². The van der Waals surface area contributed by atoms with Crippen molar-refractivity contribution >= 4 is 11.6 Å². The van der Waals surface area contributed by atoms with Crippen LogP contribution in [0.3, 0.4) is 0 Å². The topological polar surface area (TPSA) is 54.0 Å². The molecule has 0 aliphatic rings. The van der Waals surface area contributed by atoms with Crippen LogP contribution in [0, 0.1) is 0 Å². The van der Waals surface area contributed by atoms with Crippen LogP contribution in [0.2, 0.25) is 0 Å². The first-order valence-corrected chi connectivity index (χ1v) is 6.67. The number of aromatic nitrogens is 1. The van der Waals surface area contributed by atoms with Crippen molar-refractivity contribution < 1.29 is 4.79 Å². The number of nitrogens with one attached hydrogen (secondary N) is 2. The second kappa shape index (κ2) is 6.70. The van der Waals surface area contributed by atoms with Gasteiger partial charge in [-0.3, -0.25) is 9.78 Å². The maximum Gasteiger partial charge on any atom is 0.269 e. The van der Waals surface area contributed by atoms with E-state index >= 15 is 0 Å². The fourth-order valence-corrected chi connectivity index (χ4v) is 1.96. The van der Waals surface area contributed by atoms with E-state index in [0.717, 1.165) is 12.2 Å². The lowest BCUT2D eigenvalue weighted by Crippen LogP contribution is -2.19. The fourth-order valence-electron chi connectivity index (χ4n) is 1.96. The van der Waals surface area contributed by atoms with Crippen molar-refractivity contribution in [1.29, 1.82) is 0 Å². The summed E-state index contributed by atoms with van der Waals surface area (Å²) in [7, 11) is 1.60. The SMILES string of the molecule is CNC(=O)c1cc(NCC(C)c2ccccc2)ccn1. The number of anilines is 1. The summed E-state index contributed by atoms with van der Waals surface area (Å²) in [5.74, 6) is 0.220. The lowest BCUT2D eigenvalue weighted by Gasteiger charge is -2.14. The van der Waals surface area contributed by atoms with Crippen molar-refractivity contribution in [3.05, 3.63) is 59.9 Å². The van der Waals surface area contributed by atoms with E-state index < -0.39 is 0 Å². The van der Waals surface area contributed by atoms with Gasteiger partial charge in [0.25, 0.3) is 5.91 Å². The first-order chi connectivity index (χ1) is 9.70. The molecule has 0 bridgehead atoms. The van der Waals surface area contributed by atoms with E-state index in [1.165, 1.54) is 5.56 Å². The molecule has 1 heterocycles. The lowest BCUT2D eigenvalue weighted by molar-refractivity contribution is 0.0958. The molecule has 0 radical (unpaired) electrons. The molecule has 2 aromatic rings. The molecule has 0 spiro atoms. The molecule has 0 saturated carbocycles. The second-order valence-electron chi connectivity index (χ2n) is 4.70. The van der Waals surface area contributed by atoms with Gasteiger partial charge in [0.15, 0.2) is 0 Å². The van der Waals surface area contributed by atoms with E-state index in [-0.39, 0.29) is 5.91 Å². The maximum absolute atomic E-state index is 11.5. The predicted molar refractivity (Wildman–Crippen MR) is 81.0 cm³/mol. The van der Waals surface area contributed by atoms with Crippen LogP contribution in [0.5, 0.6) is 0 Å². The fraction of sp³-hybridized carbons (Fsp3) is 0.250. The molecule has 20 heavy (non-hydrogen) atoms. The molecule has 1 aromatic carbocycles. The van der Waals surface area contributed by atoms with Gasteiger partial charge in [0.1, 0.15) is 5.69 Å². The molecule has 1 atom stereocenters. The van der Waals surface area contributed by atoms with Crippen LogP contribution in [0.25, 0.3) is 0 Å². The van der Waals surface area contributed by atoms with Crippen LogP contribution >= 0.6 is 0 Å². The number of rotatable bonds is 5. The Bertz CT molecular complexity index is 569. The third kappa shape index (κ3) is 3.57. The van der Waals surface area contributed by atoms with Crippen molar-refractivity contribution in [3.8, 4) is 0 Å². The third-order valence-corrected chi connectivity index (χ3v) is 3.20. The Morgan fingerprint density at radius 1 is 1.25 bits per heavy atom. The number of carbonyl (C=O) groups is 1. The predicted octanol–water partition coefficient (Wildman–Crippen LogP) is 2.66. The number of nitrogens with zero attached hydrogens (tertiary/aromatic N) is 1. The highest BCUT2D eigenvalue weighted by molar-refractivity contribution is 5.92. The molecule has 4 nitrogen and oxygen atoms in total. The first-order valence-electron chi connectivity index (χ1n) is 6.67. The van der Waals surface area contributed by atoms with E-state index in [1.54, 1.807) is 19.3 Å². The van der Waals surface area contributed by atoms with Crippen molar-refractivity contribution in [3.63, 3.8) is 0 Å². The maximum atomic E-state index is 11.5. The van der Waals surface area contributed by atoms with Gasteiger partial charge < -0.3 is 10.6 Å². The average Bonchev–Trinajstić information content (AvgIpc) is 2.53. The van der Waals surface area contributed by atoms with Gasteiger partial charge in [0, 0.05) is 25.5 Å². The quantitative estimate of drug-likeness (QED) is 0.877. The summed E-state index contributed by atoms with van der Waals surface area (Å²) in [6, 6.07) is 14.0. The zero-order valence-electron chi connectivity index (χ0n) is 11.8. The van der Waals surface area contributed by atoms with E-state index in [1.807, 2.05) is 24.3 Å². The summed E-state index contributed by atoms with van der Waals surface area (Å²) >= 11 is 0. The highest BCUT2D eigenvalue weighted by Crippen LogP contribution is 2.16. The van der Waals surface area contributed by atoms with E-state index in [0.29, 0.717) is 11.6 Å². The Hall–Kier alpha value is -2.36. The molecule has 1 amide bonds. The van der Waals surface area contributed by atoms with Crippen molar-refractivity contribution in [1.82, 2.24) is 10.3 Å². The number of carbonyl (C=O) groups excluding carboxylic acids is 1. The van der Waals surface area contributed by atoms with Gasteiger partial charge in [0.05, 0.1) is 0 Å². The van der Waals surface area contributed by atoms with Gasteiger partial charge in [0.2, 0.25) is 0 Å². The molecule has 2 rings (SSSR count). The van der Waals surface area contributed by atoms with E-state index in [4.69, 9.17) is 0 Å².